The minimum absolute atomic E-state index is 1.65. The molecule has 0 aliphatic rings. The van der Waals surface area contributed by atoms with Crippen molar-refractivity contribution >= 4 is 0 Å². The Bertz CT molecular complexity index is 104. The molecule has 54 valence electrons. The Hall–Kier alpha value is -0.680. The Balaban J connectivity index is 3.84. The predicted molar refractivity (Wildman–Crippen MR) is 21.6 cm³/mol. The molecular formula is C3H3F4NO. The molecule has 0 saturated carbocycles. The Morgan fingerprint density at radius 2 is 1.89 bits per heavy atom. The van der Waals surface area contributed by atoms with Crippen molar-refractivity contribution in [1.82, 2.24) is 0 Å². The highest BCUT2D eigenvalue weighted by Crippen LogP contribution is 2.22. The molecule has 2 nitrogen and oxygen atoms in total. The SMILES string of the molecule is O=NCC(F)(F)C(F)F. The second-order valence-corrected chi connectivity index (χ2v) is 1.35. The molecule has 0 unspecified atom stereocenters. The van der Waals surface area contributed by atoms with E-state index in [1.54, 1.807) is 5.18 Å². The summed E-state index contributed by atoms with van der Waals surface area (Å²) in [6.45, 7) is -1.66. The minimum atomic E-state index is -4.26. The van der Waals surface area contributed by atoms with Gasteiger partial charge in [0, 0.05) is 0 Å². The van der Waals surface area contributed by atoms with E-state index in [-0.39, 0.29) is 0 Å². The molecule has 0 radical (unpaired) electrons. The zero-order chi connectivity index (χ0) is 7.49. The van der Waals surface area contributed by atoms with Crippen LogP contribution in [-0.4, -0.2) is 18.9 Å². The summed E-state index contributed by atoms with van der Waals surface area (Å²) in [6.07, 6.45) is -3.81. The quantitative estimate of drug-likeness (QED) is 0.438. The van der Waals surface area contributed by atoms with Crippen LogP contribution in [-0.2, 0) is 0 Å². The van der Waals surface area contributed by atoms with Gasteiger partial charge in [-0.2, -0.15) is 13.7 Å². The third-order valence-corrected chi connectivity index (χ3v) is 0.595. The summed E-state index contributed by atoms with van der Waals surface area (Å²) in [5.74, 6) is -4.26. The standard InChI is InChI=1S/C3H3F4NO/c4-2(5)3(6,7)1-8-9/h2H,1H2. The molecule has 0 rings (SSSR count). The van der Waals surface area contributed by atoms with E-state index in [4.69, 9.17) is 4.91 Å². The van der Waals surface area contributed by atoms with Gasteiger partial charge < -0.3 is 0 Å². The van der Waals surface area contributed by atoms with Crippen molar-refractivity contribution in [2.45, 2.75) is 12.3 Å². The summed E-state index contributed by atoms with van der Waals surface area (Å²) in [6, 6.07) is 0. The van der Waals surface area contributed by atoms with Gasteiger partial charge in [-0.1, -0.05) is 5.18 Å². The van der Waals surface area contributed by atoms with Gasteiger partial charge in [-0.3, -0.25) is 0 Å². The number of nitrogens with zero attached hydrogens (tertiary/aromatic N) is 1. The van der Waals surface area contributed by atoms with Gasteiger partial charge in [0.05, 0.1) is 0 Å². The lowest BCUT2D eigenvalue weighted by atomic mass is 10.4. The van der Waals surface area contributed by atoms with Crippen LogP contribution in [0.25, 0.3) is 0 Å². The fourth-order valence-corrected chi connectivity index (χ4v) is 0.155. The van der Waals surface area contributed by atoms with E-state index < -0.39 is 18.9 Å². The Kier molecular flexibility index (Phi) is 2.54. The molecule has 0 heterocycles. The molecule has 0 fully saturated rings. The van der Waals surface area contributed by atoms with Gasteiger partial charge >= 0.3 is 12.3 Å². The summed E-state index contributed by atoms with van der Waals surface area (Å²) in [5, 5.41) is 1.65. The third-order valence-electron chi connectivity index (χ3n) is 0.595. The second-order valence-electron chi connectivity index (χ2n) is 1.35. The molecule has 0 N–H and O–H groups in total. The van der Waals surface area contributed by atoms with Crippen LogP contribution in [0.15, 0.2) is 5.18 Å². The number of nitroso groups, excluding NO2 is 1. The fraction of sp³-hybridized carbons (Fsp3) is 1.00. The van der Waals surface area contributed by atoms with E-state index in [0.717, 1.165) is 0 Å². The van der Waals surface area contributed by atoms with Crippen LogP contribution in [0.4, 0.5) is 17.6 Å². The first-order valence-corrected chi connectivity index (χ1v) is 1.96. The summed E-state index contributed by atoms with van der Waals surface area (Å²) in [4.78, 5) is 9.06. The van der Waals surface area contributed by atoms with Gasteiger partial charge in [-0.05, 0) is 0 Å². The third kappa shape index (κ3) is 2.39. The first-order valence-electron chi connectivity index (χ1n) is 1.96. The molecule has 6 heteroatoms. The monoisotopic (exact) mass is 145 g/mol. The van der Waals surface area contributed by atoms with Crippen LogP contribution in [0.2, 0.25) is 0 Å². The topological polar surface area (TPSA) is 29.4 Å². The number of halogens is 4. The molecule has 0 bridgehead atoms. The molecule has 0 spiro atoms. The van der Waals surface area contributed by atoms with Crippen molar-refractivity contribution in [3.63, 3.8) is 0 Å². The molecule has 0 amide bonds. The van der Waals surface area contributed by atoms with Gasteiger partial charge in [-0.25, -0.2) is 8.78 Å². The van der Waals surface area contributed by atoms with Crippen molar-refractivity contribution in [2.75, 3.05) is 6.54 Å². The zero-order valence-electron chi connectivity index (χ0n) is 4.15. The largest absolute Gasteiger partial charge is 0.329 e. The molecular weight excluding hydrogens is 142 g/mol. The van der Waals surface area contributed by atoms with Crippen LogP contribution in [0, 0.1) is 4.91 Å². The fourth-order valence-electron chi connectivity index (χ4n) is 0.155. The minimum Gasteiger partial charge on any atom is -0.203 e. The maximum atomic E-state index is 11.5. The highest BCUT2D eigenvalue weighted by molar-refractivity contribution is 4.70. The van der Waals surface area contributed by atoms with Crippen molar-refractivity contribution in [3.8, 4) is 0 Å². The summed E-state index contributed by atoms with van der Waals surface area (Å²) in [7, 11) is 0. The van der Waals surface area contributed by atoms with Gasteiger partial charge in [0.15, 0.2) is 6.54 Å². The van der Waals surface area contributed by atoms with Crippen molar-refractivity contribution in [2.24, 2.45) is 5.18 Å². The Morgan fingerprint density at radius 3 is 2.00 bits per heavy atom. The molecule has 0 aliphatic carbocycles. The van der Waals surface area contributed by atoms with E-state index in [2.05, 4.69) is 0 Å². The molecule has 0 aromatic heterocycles. The lowest BCUT2D eigenvalue weighted by Crippen LogP contribution is -2.29. The van der Waals surface area contributed by atoms with Gasteiger partial charge in [0.1, 0.15) is 0 Å². The first-order chi connectivity index (χ1) is 4.00. The van der Waals surface area contributed by atoms with Crippen molar-refractivity contribution in [1.29, 1.82) is 0 Å². The zero-order valence-corrected chi connectivity index (χ0v) is 4.15. The normalized spacial score (nSPS) is 12.1. The van der Waals surface area contributed by atoms with E-state index >= 15 is 0 Å². The lowest BCUT2D eigenvalue weighted by Gasteiger charge is -2.08. The van der Waals surface area contributed by atoms with Crippen LogP contribution in [0.1, 0.15) is 0 Å². The summed E-state index contributed by atoms with van der Waals surface area (Å²) in [5.41, 5.74) is 0. The molecule has 0 atom stereocenters. The molecule has 0 aliphatic heterocycles. The van der Waals surface area contributed by atoms with Gasteiger partial charge in [0.2, 0.25) is 0 Å². The lowest BCUT2D eigenvalue weighted by molar-refractivity contribution is -0.120. The smallest absolute Gasteiger partial charge is 0.203 e. The van der Waals surface area contributed by atoms with E-state index in [1.807, 2.05) is 0 Å². The Labute approximate surface area is 47.8 Å². The maximum Gasteiger partial charge on any atom is 0.329 e. The van der Waals surface area contributed by atoms with E-state index in [0.29, 0.717) is 0 Å². The first kappa shape index (κ1) is 8.32. The van der Waals surface area contributed by atoms with Crippen LogP contribution >= 0.6 is 0 Å². The van der Waals surface area contributed by atoms with Gasteiger partial charge in [-0.15, -0.1) is 0 Å². The van der Waals surface area contributed by atoms with Crippen LogP contribution < -0.4 is 0 Å². The molecule has 0 aromatic rings. The number of rotatable bonds is 3. The van der Waals surface area contributed by atoms with E-state index in [9.17, 15) is 17.6 Å². The number of hydrogen-bond donors (Lipinski definition) is 0. The van der Waals surface area contributed by atoms with Crippen LogP contribution in [0.3, 0.4) is 0 Å². The van der Waals surface area contributed by atoms with Crippen molar-refractivity contribution < 1.29 is 17.6 Å². The number of hydrogen-bond acceptors (Lipinski definition) is 2. The average Bonchev–Trinajstić information content (AvgIpc) is 1.65. The maximum absolute atomic E-state index is 11.5. The van der Waals surface area contributed by atoms with Crippen LogP contribution in [0.5, 0.6) is 0 Å². The summed E-state index contributed by atoms with van der Waals surface area (Å²) >= 11 is 0. The highest BCUT2D eigenvalue weighted by Gasteiger charge is 2.41. The highest BCUT2D eigenvalue weighted by atomic mass is 19.3. The predicted octanol–water partition coefficient (Wildman–Crippen LogP) is 1.65. The Morgan fingerprint density at radius 1 is 1.44 bits per heavy atom. The molecule has 0 saturated heterocycles. The molecule has 9 heavy (non-hydrogen) atoms. The average molecular weight is 145 g/mol. The number of alkyl halides is 4. The van der Waals surface area contributed by atoms with Gasteiger partial charge in [0.25, 0.3) is 0 Å². The summed E-state index contributed by atoms with van der Waals surface area (Å²) < 4.78 is 45.1. The second kappa shape index (κ2) is 2.75. The van der Waals surface area contributed by atoms with Crippen molar-refractivity contribution in [3.05, 3.63) is 4.91 Å². The molecule has 0 aromatic carbocycles. The van der Waals surface area contributed by atoms with E-state index in [1.165, 1.54) is 0 Å².